The number of aliphatic hydroxyl groups excluding tert-OH is 1. The first-order chi connectivity index (χ1) is 7.15. The lowest BCUT2D eigenvalue weighted by molar-refractivity contribution is -0.132. The Bertz CT molecular complexity index is 209. The molecular formula is C10H21N3O2. The number of aliphatic hydroxyl groups is 1. The van der Waals surface area contributed by atoms with E-state index in [2.05, 4.69) is 4.90 Å². The molecule has 1 amide bonds. The minimum atomic E-state index is -0.408. The van der Waals surface area contributed by atoms with E-state index in [9.17, 15) is 4.79 Å². The normalized spacial score (nSPS) is 21.1. The van der Waals surface area contributed by atoms with Crippen LogP contribution in [0.25, 0.3) is 0 Å². The van der Waals surface area contributed by atoms with Crippen LogP contribution >= 0.6 is 0 Å². The SMILES string of the molecule is CC(N)C(=O)N1CCCN(CCO)CC1. The first kappa shape index (κ1) is 12.4. The van der Waals surface area contributed by atoms with E-state index >= 15 is 0 Å². The molecule has 0 aromatic rings. The molecule has 1 aliphatic rings. The summed E-state index contributed by atoms with van der Waals surface area (Å²) in [6, 6.07) is -0.408. The highest BCUT2D eigenvalue weighted by Gasteiger charge is 2.20. The second-order valence-corrected chi connectivity index (χ2v) is 4.03. The van der Waals surface area contributed by atoms with Crippen molar-refractivity contribution in [1.82, 2.24) is 9.80 Å². The lowest BCUT2D eigenvalue weighted by atomic mass is 10.3. The number of hydrogen-bond donors (Lipinski definition) is 2. The largest absolute Gasteiger partial charge is 0.395 e. The Balaban J connectivity index is 2.42. The molecule has 15 heavy (non-hydrogen) atoms. The third-order valence-corrected chi connectivity index (χ3v) is 2.71. The van der Waals surface area contributed by atoms with E-state index in [1.807, 2.05) is 4.90 Å². The zero-order chi connectivity index (χ0) is 11.3. The molecule has 0 radical (unpaired) electrons. The quantitative estimate of drug-likeness (QED) is 0.624. The summed E-state index contributed by atoms with van der Waals surface area (Å²) < 4.78 is 0. The van der Waals surface area contributed by atoms with Crippen LogP contribution in [0.3, 0.4) is 0 Å². The van der Waals surface area contributed by atoms with Gasteiger partial charge in [-0.2, -0.15) is 0 Å². The van der Waals surface area contributed by atoms with Gasteiger partial charge in [0.05, 0.1) is 12.6 Å². The van der Waals surface area contributed by atoms with Gasteiger partial charge < -0.3 is 15.7 Å². The number of amides is 1. The third kappa shape index (κ3) is 3.77. The van der Waals surface area contributed by atoms with E-state index < -0.39 is 6.04 Å². The molecule has 5 nitrogen and oxygen atoms in total. The molecule has 0 aliphatic carbocycles. The zero-order valence-corrected chi connectivity index (χ0v) is 9.35. The van der Waals surface area contributed by atoms with Crippen molar-refractivity contribution >= 4 is 5.91 Å². The van der Waals surface area contributed by atoms with Crippen molar-refractivity contribution in [2.45, 2.75) is 19.4 Å². The van der Waals surface area contributed by atoms with E-state index in [-0.39, 0.29) is 12.5 Å². The molecule has 0 aromatic carbocycles. The Morgan fingerprint density at radius 1 is 1.40 bits per heavy atom. The fourth-order valence-corrected chi connectivity index (χ4v) is 1.84. The molecule has 1 atom stereocenters. The molecule has 0 bridgehead atoms. The van der Waals surface area contributed by atoms with Crippen LogP contribution in [-0.4, -0.2) is 66.2 Å². The summed E-state index contributed by atoms with van der Waals surface area (Å²) in [6.07, 6.45) is 0.957. The molecule has 1 heterocycles. The molecule has 1 saturated heterocycles. The van der Waals surface area contributed by atoms with Crippen LogP contribution < -0.4 is 5.73 Å². The Labute approximate surface area is 90.8 Å². The maximum atomic E-state index is 11.6. The lowest BCUT2D eigenvalue weighted by Gasteiger charge is -2.23. The fraction of sp³-hybridized carbons (Fsp3) is 0.900. The van der Waals surface area contributed by atoms with Gasteiger partial charge in [-0.3, -0.25) is 9.69 Å². The Hall–Kier alpha value is -0.650. The first-order valence-corrected chi connectivity index (χ1v) is 5.52. The third-order valence-electron chi connectivity index (χ3n) is 2.71. The molecule has 88 valence electrons. The van der Waals surface area contributed by atoms with Crippen molar-refractivity contribution in [3.63, 3.8) is 0 Å². The molecule has 1 aliphatic heterocycles. The molecule has 3 N–H and O–H groups in total. The Kier molecular flexibility index (Phi) is 5.01. The van der Waals surface area contributed by atoms with Crippen LogP contribution in [0.15, 0.2) is 0 Å². The van der Waals surface area contributed by atoms with Gasteiger partial charge in [0.1, 0.15) is 0 Å². The second-order valence-electron chi connectivity index (χ2n) is 4.03. The number of nitrogens with zero attached hydrogens (tertiary/aromatic N) is 2. The molecule has 1 unspecified atom stereocenters. The van der Waals surface area contributed by atoms with Crippen LogP contribution in [0.1, 0.15) is 13.3 Å². The van der Waals surface area contributed by atoms with E-state index in [4.69, 9.17) is 10.8 Å². The van der Waals surface area contributed by atoms with E-state index in [1.54, 1.807) is 6.92 Å². The fourth-order valence-electron chi connectivity index (χ4n) is 1.84. The number of carbonyl (C=O) groups excluding carboxylic acids is 1. The Morgan fingerprint density at radius 3 is 2.73 bits per heavy atom. The van der Waals surface area contributed by atoms with Gasteiger partial charge in [0.2, 0.25) is 5.91 Å². The summed E-state index contributed by atoms with van der Waals surface area (Å²) in [4.78, 5) is 15.6. The number of hydrogen-bond acceptors (Lipinski definition) is 4. The van der Waals surface area contributed by atoms with Gasteiger partial charge >= 0.3 is 0 Å². The summed E-state index contributed by atoms with van der Waals surface area (Å²) in [6.45, 7) is 5.88. The van der Waals surface area contributed by atoms with Crippen molar-refractivity contribution < 1.29 is 9.90 Å². The number of rotatable bonds is 3. The smallest absolute Gasteiger partial charge is 0.239 e. The van der Waals surface area contributed by atoms with Crippen LogP contribution in [0.4, 0.5) is 0 Å². The van der Waals surface area contributed by atoms with Gasteiger partial charge in [-0.1, -0.05) is 0 Å². The maximum absolute atomic E-state index is 11.6. The van der Waals surface area contributed by atoms with Crippen LogP contribution in [0, 0.1) is 0 Å². The van der Waals surface area contributed by atoms with Crippen molar-refractivity contribution in [3.8, 4) is 0 Å². The monoisotopic (exact) mass is 215 g/mol. The van der Waals surface area contributed by atoms with Gasteiger partial charge in [0.25, 0.3) is 0 Å². The standard InChI is InChI=1S/C10H21N3O2/c1-9(11)10(15)13-4-2-3-12(5-6-13)7-8-14/h9,14H,2-8,11H2,1H3. The predicted octanol–water partition coefficient (Wildman–Crippen LogP) is -1.14. The minimum absolute atomic E-state index is 0.0286. The van der Waals surface area contributed by atoms with Gasteiger partial charge in [0.15, 0.2) is 0 Å². The highest BCUT2D eigenvalue weighted by molar-refractivity contribution is 5.81. The van der Waals surface area contributed by atoms with Gasteiger partial charge in [0, 0.05) is 26.2 Å². The van der Waals surface area contributed by atoms with Gasteiger partial charge in [-0.15, -0.1) is 0 Å². The van der Waals surface area contributed by atoms with Crippen molar-refractivity contribution in [3.05, 3.63) is 0 Å². The topological polar surface area (TPSA) is 69.8 Å². The van der Waals surface area contributed by atoms with E-state index in [0.717, 1.165) is 32.6 Å². The second kappa shape index (κ2) is 6.05. The molecule has 5 heteroatoms. The molecular weight excluding hydrogens is 194 g/mol. The van der Waals surface area contributed by atoms with E-state index in [0.29, 0.717) is 6.54 Å². The molecule has 1 fully saturated rings. The predicted molar refractivity (Wildman–Crippen MR) is 58.4 cm³/mol. The summed E-state index contributed by atoms with van der Waals surface area (Å²) in [7, 11) is 0. The molecule has 0 saturated carbocycles. The van der Waals surface area contributed by atoms with Crippen molar-refractivity contribution in [1.29, 1.82) is 0 Å². The van der Waals surface area contributed by atoms with Gasteiger partial charge in [-0.05, 0) is 19.9 Å². The Morgan fingerprint density at radius 2 is 2.13 bits per heavy atom. The molecule has 1 rings (SSSR count). The summed E-state index contributed by atoms with van der Waals surface area (Å²) in [5, 5.41) is 8.83. The molecule has 0 spiro atoms. The summed E-state index contributed by atoms with van der Waals surface area (Å²) in [5.74, 6) is 0.0286. The summed E-state index contributed by atoms with van der Waals surface area (Å²) >= 11 is 0. The van der Waals surface area contributed by atoms with Crippen molar-refractivity contribution in [2.75, 3.05) is 39.3 Å². The van der Waals surface area contributed by atoms with Gasteiger partial charge in [-0.25, -0.2) is 0 Å². The minimum Gasteiger partial charge on any atom is -0.395 e. The maximum Gasteiger partial charge on any atom is 0.239 e. The summed E-state index contributed by atoms with van der Waals surface area (Å²) in [5.41, 5.74) is 5.57. The highest BCUT2D eigenvalue weighted by atomic mass is 16.3. The van der Waals surface area contributed by atoms with Crippen LogP contribution in [-0.2, 0) is 4.79 Å². The molecule has 0 aromatic heterocycles. The van der Waals surface area contributed by atoms with Crippen molar-refractivity contribution in [2.24, 2.45) is 5.73 Å². The first-order valence-electron chi connectivity index (χ1n) is 5.52. The van der Waals surface area contributed by atoms with E-state index in [1.165, 1.54) is 0 Å². The zero-order valence-electron chi connectivity index (χ0n) is 9.35. The lowest BCUT2D eigenvalue weighted by Crippen LogP contribution is -2.43. The number of nitrogens with two attached hydrogens (primary N) is 1. The van der Waals surface area contributed by atoms with Crippen LogP contribution in [0.5, 0.6) is 0 Å². The number of β-amino-alcohol motifs (C(OH)–C–C–N with tert-alkyl or cyclic N) is 1. The average Bonchev–Trinajstić information content (AvgIpc) is 2.43. The number of carbonyl (C=O) groups is 1. The average molecular weight is 215 g/mol. The highest BCUT2D eigenvalue weighted by Crippen LogP contribution is 2.04. The van der Waals surface area contributed by atoms with Crippen LogP contribution in [0.2, 0.25) is 0 Å².